The molecule has 64 valence electrons. The van der Waals surface area contributed by atoms with E-state index >= 15 is 0 Å². The summed E-state index contributed by atoms with van der Waals surface area (Å²) in [5.74, 6) is 0.245. The van der Waals surface area contributed by atoms with E-state index in [4.69, 9.17) is 10.2 Å². The fraction of sp³-hybridized carbons (Fsp3) is 0.200. The second kappa shape index (κ2) is 3.93. The molecule has 12 heavy (non-hydrogen) atoms. The lowest BCUT2D eigenvalue weighted by Gasteiger charge is -1.97. The van der Waals surface area contributed by atoms with Crippen LogP contribution in [0.2, 0.25) is 0 Å². The van der Waals surface area contributed by atoms with Crippen molar-refractivity contribution < 1.29 is 10.2 Å². The molecule has 0 atom stereocenters. The van der Waals surface area contributed by atoms with Crippen LogP contribution in [0.1, 0.15) is 12.5 Å². The van der Waals surface area contributed by atoms with E-state index < -0.39 is 0 Å². The van der Waals surface area contributed by atoms with Crippen LogP contribution >= 0.6 is 0 Å². The number of aliphatic hydroxyl groups is 1. The molecule has 0 saturated carbocycles. The Balaban J connectivity index is 2.89. The maximum atomic E-state index is 9.11. The summed E-state index contributed by atoms with van der Waals surface area (Å²) in [5.41, 5.74) is 1.78. The van der Waals surface area contributed by atoms with Crippen molar-refractivity contribution >= 4 is 6.08 Å². The van der Waals surface area contributed by atoms with E-state index in [9.17, 15) is 0 Å². The predicted octanol–water partition coefficient (Wildman–Crippen LogP) is 1.79. The molecule has 2 N–H and O–H groups in total. The average Bonchev–Trinajstić information content (AvgIpc) is 2.04. The Morgan fingerprint density at radius 2 is 2.25 bits per heavy atom. The standard InChI is InChI=1S/C10H12O2/c1-8(7-11)5-9-3-2-4-10(12)6-9/h2-6,11-12H,7H2,1H3. The van der Waals surface area contributed by atoms with Gasteiger partial charge in [0.05, 0.1) is 6.61 Å². The summed E-state index contributed by atoms with van der Waals surface area (Å²) in [6.07, 6.45) is 1.83. The number of hydrogen-bond acceptors (Lipinski definition) is 2. The third-order valence-corrected chi connectivity index (χ3v) is 1.53. The van der Waals surface area contributed by atoms with E-state index in [1.165, 1.54) is 0 Å². The van der Waals surface area contributed by atoms with Gasteiger partial charge in [-0.25, -0.2) is 0 Å². The first-order valence-corrected chi connectivity index (χ1v) is 3.79. The smallest absolute Gasteiger partial charge is 0.116 e. The molecule has 0 aliphatic heterocycles. The second-order valence-corrected chi connectivity index (χ2v) is 2.74. The van der Waals surface area contributed by atoms with Gasteiger partial charge in [0.1, 0.15) is 5.75 Å². The molecule has 2 nitrogen and oxygen atoms in total. The van der Waals surface area contributed by atoms with Gasteiger partial charge in [-0.05, 0) is 30.2 Å². The molecular weight excluding hydrogens is 152 g/mol. The minimum Gasteiger partial charge on any atom is -0.508 e. The van der Waals surface area contributed by atoms with Crippen LogP contribution in [0, 0.1) is 0 Å². The Hall–Kier alpha value is -1.28. The molecule has 0 heterocycles. The van der Waals surface area contributed by atoms with Crippen LogP contribution < -0.4 is 0 Å². The minimum absolute atomic E-state index is 0.0512. The summed E-state index contributed by atoms with van der Waals surface area (Å²) < 4.78 is 0. The first kappa shape index (κ1) is 8.81. The fourth-order valence-electron chi connectivity index (χ4n) is 0.945. The SMILES string of the molecule is CC(=Cc1cccc(O)c1)CO. The minimum atomic E-state index is 0.0512. The fourth-order valence-corrected chi connectivity index (χ4v) is 0.945. The number of benzene rings is 1. The van der Waals surface area contributed by atoms with Crippen LogP contribution in [0.25, 0.3) is 6.08 Å². The van der Waals surface area contributed by atoms with Gasteiger partial charge in [0.15, 0.2) is 0 Å². The van der Waals surface area contributed by atoms with Crippen LogP contribution in [-0.2, 0) is 0 Å². The molecule has 0 aliphatic rings. The molecule has 0 bridgehead atoms. The number of hydrogen-bond donors (Lipinski definition) is 2. The average molecular weight is 164 g/mol. The van der Waals surface area contributed by atoms with Gasteiger partial charge in [-0.3, -0.25) is 0 Å². The highest BCUT2D eigenvalue weighted by Gasteiger charge is 1.91. The summed E-state index contributed by atoms with van der Waals surface area (Å²) >= 11 is 0. The van der Waals surface area contributed by atoms with E-state index in [1.807, 2.05) is 19.1 Å². The van der Waals surface area contributed by atoms with E-state index in [0.717, 1.165) is 11.1 Å². The van der Waals surface area contributed by atoms with Crippen molar-refractivity contribution in [3.8, 4) is 5.75 Å². The molecule has 0 radical (unpaired) electrons. The molecule has 1 aromatic carbocycles. The van der Waals surface area contributed by atoms with E-state index in [0.29, 0.717) is 0 Å². The Kier molecular flexibility index (Phi) is 2.88. The number of phenolic OH excluding ortho intramolecular Hbond substituents is 1. The lowest BCUT2D eigenvalue weighted by Crippen LogP contribution is -1.83. The zero-order valence-corrected chi connectivity index (χ0v) is 6.99. The number of rotatable bonds is 2. The van der Waals surface area contributed by atoms with Crippen LogP contribution in [-0.4, -0.2) is 16.8 Å². The Bertz CT molecular complexity index is 290. The van der Waals surface area contributed by atoms with Gasteiger partial charge in [-0.2, -0.15) is 0 Å². The highest BCUT2D eigenvalue weighted by atomic mass is 16.3. The molecule has 0 spiro atoms. The van der Waals surface area contributed by atoms with E-state index in [1.54, 1.807) is 18.2 Å². The summed E-state index contributed by atoms with van der Waals surface area (Å²) in [4.78, 5) is 0. The molecular formula is C10H12O2. The van der Waals surface area contributed by atoms with Crippen molar-refractivity contribution in [3.05, 3.63) is 35.4 Å². The highest BCUT2D eigenvalue weighted by molar-refractivity contribution is 5.54. The van der Waals surface area contributed by atoms with Crippen molar-refractivity contribution in [2.45, 2.75) is 6.92 Å². The lowest BCUT2D eigenvalue weighted by atomic mass is 10.1. The molecule has 1 aromatic rings. The van der Waals surface area contributed by atoms with Crippen molar-refractivity contribution in [2.24, 2.45) is 0 Å². The molecule has 0 amide bonds. The van der Waals surface area contributed by atoms with E-state index in [-0.39, 0.29) is 12.4 Å². The molecule has 0 unspecified atom stereocenters. The summed E-state index contributed by atoms with van der Waals surface area (Å²) in [6.45, 7) is 1.89. The van der Waals surface area contributed by atoms with Crippen molar-refractivity contribution in [3.63, 3.8) is 0 Å². The Morgan fingerprint density at radius 1 is 1.50 bits per heavy atom. The molecule has 2 heteroatoms. The lowest BCUT2D eigenvalue weighted by molar-refractivity contribution is 0.332. The molecule has 0 aromatic heterocycles. The normalized spacial score (nSPS) is 11.7. The quantitative estimate of drug-likeness (QED) is 0.699. The van der Waals surface area contributed by atoms with Crippen LogP contribution in [0.5, 0.6) is 5.75 Å². The van der Waals surface area contributed by atoms with Gasteiger partial charge < -0.3 is 10.2 Å². The van der Waals surface area contributed by atoms with E-state index in [2.05, 4.69) is 0 Å². The van der Waals surface area contributed by atoms with Crippen LogP contribution in [0.3, 0.4) is 0 Å². The van der Waals surface area contributed by atoms with Gasteiger partial charge in [0.25, 0.3) is 0 Å². The maximum absolute atomic E-state index is 9.11. The predicted molar refractivity (Wildman–Crippen MR) is 48.8 cm³/mol. The van der Waals surface area contributed by atoms with Gasteiger partial charge in [0.2, 0.25) is 0 Å². The zero-order valence-electron chi connectivity index (χ0n) is 6.99. The zero-order chi connectivity index (χ0) is 8.97. The van der Waals surface area contributed by atoms with Gasteiger partial charge in [0, 0.05) is 0 Å². The van der Waals surface area contributed by atoms with Gasteiger partial charge in [-0.1, -0.05) is 18.2 Å². The maximum Gasteiger partial charge on any atom is 0.116 e. The topological polar surface area (TPSA) is 40.5 Å². The first-order chi connectivity index (χ1) is 5.72. The number of phenols is 1. The van der Waals surface area contributed by atoms with Crippen LogP contribution in [0.4, 0.5) is 0 Å². The Labute approximate surface area is 71.8 Å². The third-order valence-electron chi connectivity index (χ3n) is 1.53. The highest BCUT2D eigenvalue weighted by Crippen LogP contribution is 2.13. The molecule has 0 aliphatic carbocycles. The molecule has 1 rings (SSSR count). The van der Waals surface area contributed by atoms with Crippen molar-refractivity contribution in [2.75, 3.05) is 6.61 Å². The Morgan fingerprint density at radius 3 is 2.83 bits per heavy atom. The van der Waals surface area contributed by atoms with Crippen molar-refractivity contribution in [1.29, 1.82) is 0 Å². The largest absolute Gasteiger partial charge is 0.508 e. The summed E-state index contributed by atoms with van der Waals surface area (Å²) in [5, 5.41) is 17.8. The monoisotopic (exact) mass is 164 g/mol. The van der Waals surface area contributed by atoms with Gasteiger partial charge in [-0.15, -0.1) is 0 Å². The summed E-state index contributed by atoms with van der Waals surface area (Å²) in [6, 6.07) is 6.91. The van der Waals surface area contributed by atoms with Crippen LogP contribution in [0.15, 0.2) is 29.8 Å². The second-order valence-electron chi connectivity index (χ2n) is 2.74. The number of aliphatic hydroxyl groups excluding tert-OH is 1. The van der Waals surface area contributed by atoms with Gasteiger partial charge >= 0.3 is 0 Å². The van der Waals surface area contributed by atoms with Crippen molar-refractivity contribution in [1.82, 2.24) is 0 Å². The molecule has 0 saturated heterocycles. The third kappa shape index (κ3) is 2.40. The molecule has 0 fully saturated rings. The first-order valence-electron chi connectivity index (χ1n) is 3.79. The summed E-state index contributed by atoms with van der Waals surface area (Å²) in [7, 11) is 0. The number of aromatic hydroxyl groups is 1.